The van der Waals surface area contributed by atoms with E-state index in [0.29, 0.717) is 24.7 Å². The number of benzene rings is 1. The van der Waals surface area contributed by atoms with Gasteiger partial charge in [-0.1, -0.05) is 6.07 Å². The van der Waals surface area contributed by atoms with E-state index < -0.39 is 18.6 Å². The van der Waals surface area contributed by atoms with E-state index in [1.807, 2.05) is 0 Å². The first-order chi connectivity index (χ1) is 9.96. The van der Waals surface area contributed by atoms with Crippen molar-refractivity contribution in [3.63, 3.8) is 0 Å². The first-order valence-electron chi connectivity index (χ1n) is 6.75. The van der Waals surface area contributed by atoms with Crippen molar-refractivity contribution >= 4 is 0 Å². The van der Waals surface area contributed by atoms with Crippen molar-refractivity contribution in [3.05, 3.63) is 23.8 Å². The summed E-state index contributed by atoms with van der Waals surface area (Å²) in [4.78, 5) is 0. The molecular weight excluding hydrogens is 287 g/mol. The summed E-state index contributed by atoms with van der Waals surface area (Å²) < 4.78 is 51.9. The molecule has 2 N–H and O–H groups in total. The highest BCUT2D eigenvalue weighted by molar-refractivity contribution is 5.44. The largest absolute Gasteiger partial charge is 0.486 e. The van der Waals surface area contributed by atoms with Crippen molar-refractivity contribution in [1.29, 1.82) is 0 Å². The predicted molar refractivity (Wildman–Crippen MR) is 70.5 cm³/mol. The van der Waals surface area contributed by atoms with Gasteiger partial charge in [-0.15, -0.1) is 0 Å². The standard InChI is InChI=1S/C14H18F3NO3/c15-14(16,17)4-1-5-19-9-11(18)10-2-3-12-13(8-10)21-7-6-20-12/h2-3,8,11H,1,4-7,9,18H2. The Morgan fingerprint density at radius 2 is 1.90 bits per heavy atom. The van der Waals surface area contributed by atoms with Crippen molar-refractivity contribution in [2.24, 2.45) is 5.73 Å². The lowest BCUT2D eigenvalue weighted by Gasteiger charge is -2.20. The minimum atomic E-state index is -4.14. The molecule has 1 aromatic rings. The van der Waals surface area contributed by atoms with E-state index in [1.165, 1.54) is 0 Å². The number of halogens is 3. The van der Waals surface area contributed by atoms with E-state index in [4.69, 9.17) is 19.9 Å². The lowest BCUT2D eigenvalue weighted by atomic mass is 10.1. The molecule has 0 saturated heterocycles. The van der Waals surface area contributed by atoms with Gasteiger partial charge in [-0.25, -0.2) is 0 Å². The fraction of sp³-hybridized carbons (Fsp3) is 0.571. The first kappa shape index (κ1) is 15.9. The van der Waals surface area contributed by atoms with Crippen LogP contribution in [0.1, 0.15) is 24.4 Å². The van der Waals surface area contributed by atoms with Gasteiger partial charge in [0.2, 0.25) is 0 Å². The van der Waals surface area contributed by atoms with Gasteiger partial charge in [0, 0.05) is 13.0 Å². The second kappa shape index (κ2) is 7.00. The number of hydrogen-bond donors (Lipinski definition) is 1. The summed E-state index contributed by atoms with van der Waals surface area (Å²) in [5, 5.41) is 0. The van der Waals surface area contributed by atoms with Crippen molar-refractivity contribution in [3.8, 4) is 11.5 Å². The highest BCUT2D eigenvalue weighted by Crippen LogP contribution is 2.32. The van der Waals surface area contributed by atoms with Crippen LogP contribution in [0.25, 0.3) is 0 Å². The van der Waals surface area contributed by atoms with Crippen molar-refractivity contribution in [2.45, 2.75) is 25.1 Å². The normalized spacial score (nSPS) is 15.8. The summed E-state index contributed by atoms with van der Waals surface area (Å²) in [6.45, 7) is 1.20. The molecule has 21 heavy (non-hydrogen) atoms. The van der Waals surface area contributed by atoms with Crippen molar-refractivity contribution in [1.82, 2.24) is 0 Å². The molecule has 0 bridgehead atoms. The van der Waals surface area contributed by atoms with Crippen molar-refractivity contribution < 1.29 is 27.4 Å². The third-order valence-electron chi connectivity index (χ3n) is 3.04. The Kier molecular flexibility index (Phi) is 5.30. The third kappa shape index (κ3) is 5.09. The average molecular weight is 305 g/mol. The number of rotatable bonds is 6. The molecule has 0 aliphatic carbocycles. The van der Waals surface area contributed by atoms with Crippen LogP contribution >= 0.6 is 0 Å². The molecule has 118 valence electrons. The Bertz CT molecular complexity index is 465. The zero-order valence-corrected chi connectivity index (χ0v) is 11.5. The van der Waals surface area contributed by atoms with Crippen LogP contribution in [0.4, 0.5) is 13.2 Å². The number of alkyl halides is 3. The number of nitrogens with two attached hydrogens (primary N) is 1. The molecule has 1 aliphatic rings. The molecule has 0 amide bonds. The molecule has 1 unspecified atom stereocenters. The minimum Gasteiger partial charge on any atom is -0.486 e. The summed E-state index contributed by atoms with van der Waals surface area (Å²) in [6, 6.07) is 4.94. The second-order valence-electron chi connectivity index (χ2n) is 4.80. The van der Waals surface area contributed by atoms with Gasteiger partial charge in [0.05, 0.1) is 12.6 Å². The molecule has 1 aliphatic heterocycles. The molecule has 0 saturated carbocycles. The predicted octanol–water partition coefficient (Wildman–Crippen LogP) is 2.82. The Morgan fingerprint density at radius 1 is 1.19 bits per heavy atom. The van der Waals surface area contributed by atoms with Crippen LogP contribution in [0.2, 0.25) is 0 Å². The molecule has 0 spiro atoms. The first-order valence-corrected chi connectivity index (χ1v) is 6.75. The summed E-state index contributed by atoms with van der Waals surface area (Å²) in [7, 11) is 0. The van der Waals surface area contributed by atoms with Crippen LogP contribution in [0.3, 0.4) is 0 Å². The quantitative estimate of drug-likeness (QED) is 0.821. The Hall–Kier alpha value is -1.47. The van der Waals surface area contributed by atoms with Gasteiger partial charge in [-0.05, 0) is 24.1 Å². The van der Waals surface area contributed by atoms with Gasteiger partial charge in [0.15, 0.2) is 11.5 Å². The van der Waals surface area contributed by atoms with Crippen LogP contribution in [0, 0.1) is 0 Å². The van der Waals surface area contributed by atoms with Crippen LogP contribution in [-0.4, -0.2) is 32.6 Å². The fourth-order valence-corrected chi connectivity index (χ4v) is 1.97. The smallest absolute Gasteiger partial charge is 0.389 e. The molecule has 7 heteroatoms. The maximum absolute atomic E-state index is 12.0. The Labute approximate surface area is 121 Å². The van der Waals surface area contributed by atoms with E-state index in [-0.39, 0.29) is 19.6 Å². The van der Waals surface area contributed by atoms with Gasteiger partial charge in [0.25, 0.3) is 0 Å². The van der Waals surface area contributed by atoms with Gasteiger partial charge in [0.1, 0.15) is 13.2 Å². The zero-order valence-electron chi connectivity index (χ0n) is 11.5. The number of fused-ring (bicyclic) bond motifs is 1. The second-order valence-corrected chi connectivity index (χ2v) is 4.80. The fourth-order valence-electron chi connectivity index (χ4n) is 1.97. The summed E-state index contributed by atoms with van der Waals surface area (Å²) in [6.07, 6.45) is -5.04. The van der Waals surface area contributed by atoms with Gasteiger partial charge in [-0.2, -0.15) is 13.2 Å². The molecule has 0 radical (unpaired) electrons. The molecule has 0 aromatic heterocycles. The van der Waals surface area contributed by atoms with Gasteiger partial charge >= 0.3 is 6.18 Å². The Morgan fingerprint density at radius 3 is 2.62 bits per heavy atom. The lowest BCUT2D eigenvalue weighted by Crippen LogP contribution is -2.20. The third-order valence-corrected chi connectivity index (χ3v) is 3.04. The molecule has 1 aromatic carbocycles. The van der Waals surface area contributed by atoms with Crippen LogP contribution in [0.15, 0.2) is 18.2 Å². The monoisotopic (exact) mass is 305 g/mol. The SMILES string of the molecule is NC(COCCCC(F)(F)F)c1ccc2c(c1)OCCO2. The van der Waals surface area contributed by atoms with Gasteiger partial charge in [-0.3, -0.25) is 0 Å². The van der Waals surface area contributed by atoms with E-state index >= 15 is 0 Å². The van der Waals surface area contributed by atoms with E-state index in [1.54, 1.807) is 18.2 Å². The van der Waals surface area contributed by atoms with Gasteiger partial charge < -0.3 is 19.9 Å². The zero-order chi connectivity index (χ0) is 15.3. The maximum Gasteiger partial charge on any atom is 0.389 e. The molecule has 0 fully saturated rings. The van der Waals surface area contributed by atoms with Crippen LogP contribution < -0.4 is 15.2 Å². The maximum atomic E-state index is 12.0. The number of ether oxygens (including phenoxy) is 3. The average Bonchev–Trinajstić information content (AvgIpc) is 2.45. The van der Waals surface area contributed by atoms with Crippen LogP contribution in [0.5, 0.6) is 11.5 Å². The van der Waals surface area contributed by atoms with E-state index in [0.717, 1.165) is 5.56 Å². The van der Waals surface area contributed by atoms with E-state index in [2.05, 4.69) is 0 Å². The molecule has 1 heterocycles. The topological polar surface area (TPSA) is 53.7 Å². The number of hydrogen-bond acceptors (Lipinski definition) is 4. The molecular formula is C14H18F3NO3. The van der Waals surface area contributed by atoms with E-state index in [9.17, 15) is 13.2 Å². The lowest BCUT2D eigenvalue weighted by molar-refractivity contribution is -0.137. The molecule has 4 nitrogen and oxygen atoms in total. The minimum absolute atomic E-state index is 0.0394. The summed E-state index contributed by atoms with van der Waals surface area (Å²) >= 11 is 0. The summed E-state index contributed by atoms with van der Waals surface area (Å²) in [5.74, 6) is 1.30. The van der Waals surface area contributed by atoms with Crippen molar-refractivity contribution in [2.75, 3.05) is 26.4 Å². The molecule has 1 atom stereocenters. The highest BCUT2D eigenvalue weighted by Gasteiger charge is 2.26. The molecule has 2 rings (SSSR count). The van der Waals surface area contributed by atoms with Crippen LogP contribution in [-0.2, 0) is 4.74 Å². The Balaban J connectivity index is 1.77. The summed E-state index contributed by atoms with van der Waals surface area (Å²) in [5.41, 5.74) is 6.75. The highest BCUT2D eigenvalue weighted by atomic mass is 19.4.